The molecule has 160 valence electrons. The molecule has 7 heteroatoms. The van der Waals surface area contributed by atoms with Gasteiger partial charge in [-0.15, -0.1) is 0 Å². The van der Waals surface area contributed by atoms with Gasteiger partial charge in [0.05, 0.1) is 24.9 Å². The van der Waals surface area contributed by atoms with E-state index in [9.17, 15) is 9.59 Å². The molecule has 1 aliphatic carbocycles. The fraction of sp³-hybridized carbons (Fsp3) is 0.391. The molecule has 0 atom stereocenters. The molecule has 2 aromatic carbocycles. The number of hydrogen-bond donors (Lipinski definition) is 2. The minimum absolute atomic E-state index is 0.413. The fourth-order valence-electron chi connectivity index (χ4n) is 3.44. The molecule has 2 aromatic rings. The summed E-state index contributed by atoms with van der Waals surface area (Å²) in [5.41, 5.74) is 0.900. The Morgan fingerprint density at radius 3 is 2.57 bits per heavy atom. The van der Waals surface area contributed by atoms with Crippen LogP contribution in [-0.4, -0.2) is 25.5 Å². The van der Waals surface area contributed by atoms with Gasteiger partial charge in [-0.2, -0.15) is 0 Å². The van der Waals surface area contributed by atoms with Crippen molar-refractivity contribution in [1.29, 1.82) is 0 Å². The Balaban J connectivity index is 1.73. The fourth-order valence-corrected chi connectivity index (χ4v) is 3.84. The highest BCUT2D eigenvalue weighted by Gasteiger charge is 2.41. The second-order valence-electron chi connectivity index (χ2n) is 7.42. The van der Waals surface area contributed by atoms with Crippen LogP contribution in [0.15, 0.2) is 46.9 Å². The average molecular weight is 475 g/mol. The zero-order valence-corrected chi connectivity index (χ0v) is 18.9. The molecule has 2 N–H and O–H groups in total. The molecule has 0 spiro atoms. The first kappa shape index (κ1) is 22.2. The van der Waals surface area contributed by atoms with E-state index < -0.39 is 17.4 Å². The van der Waals surface area contributed by atoms with Crippen LogP contribution in [0, 0.1) is 0 Å². The van der Waals surface area contributed by atoms with Gasteiger partial charge in [-0.25, -0.2) is 0 Å². The van der Waals surface area contributed by atoms with E-state index in [1.807, 2.05) is 24.3 Å². The highest BCUT2D eigenvalue weighted by Crippen LogP contribution is 2.42. The molecule has 0 heterocycles. The first-order valence-electron chi connectivity index (χ1n) is 10.2. The lowest BCUT2D eigenvalue weighted by Crippen LogP contribution is -2.53. The van der Waals surface area contributed by atoms with E-state index in [-0.39, 0.29) is 0 Å². The van der Waals surface area contributed by atoms with Gasteiger partial charge in [0.15, 0.2) is 0 Å². The van der Waals surface area contributed by atoms with Crippen molar-refractivity contribution in [2.24, 2.45) is 0 Å². The number of nitrogens with one attached hydrogen (secondary N) is 2. The lowest BCUT2D eigenvalue weighted by Gasteiger charge is -2.43. The van der Waals surface area contributed by atoms with Crippen LogP contribution in [0.3, 0.4) is 0 Å². The van der Waals surface area contributed by atoms with Gasteiger partial charge in [0.2, 0.25) is 0 Å². The summed E-state index contributed by atoms with van der Waals surface area (Å²) in [6.07, 6.45) is 4.49. The molecule has 0 aliphatic heterocycles. The number of rotatable bonds is 8. The van der Waals surface area contributed by atoms with E-state index in [1.54, 1.807) is 25.3 Å². The summed E-state index contributed by atoms with van der Waals surface area (Å²) in [7, 11) is 1.55. The number of carbonyl (C=O) groups excluding carboxylic acids is 2. The summed E-state index contributed by atoms with van der Waals surface area (Å²) in [4.78, 5) is 25.4. The Morgan fingerprint density at radius 1 is 1.13 bits per heavy atom. The summed E-state index contributed by atoms with van der Waals surface area (Å²) in [5.74, 6) is -0.323. The monoisotopic (exact) mass is 474 g/mol. The van der Waals surface area contributed by atoms with Crippen molar-refractivity contribution in [2.75, 3.05) is 19.0 Å². The molecule has 6 nitrogen and oxygen atoms in total. The largest absolute Gasteiger partial charge is 0.497 e. The lowest BCUT2D eigenvalue weighted by molar-refractivity contribution is -0.138. The van der Waals surface area contributed by atoms with Gasteiger partial charge < -0.3 is 20.1 Å². The van der Waals surface area contributed by atoms with Gasteiger partial charge in [-0.05, 0) is 55.5 Å². The standard InChI is InChI=1S/C23H27BrN2O4/c1-3-4-13-30-20-10-9-18(29-2)15-19(20)25-21(27)22(28)26-23(11-6-12-23)16-7-5-8-17(24)14-16/h5,7-10,14-15H,3-4,6,11-13H2,1-2H3,(H,25,27)(H,26,28). The zero-order chi connectivity index (χ0) is 21.6. The van der Waals surface area contributed by atoms with Gasteiger partial charge >= 0.3 is 11.8 Å². The predicted molar refractivity (Wildman–Crippen MR) is 120 cm³/mol. The van der Waals surface area contributed by atoms with Crippen molar-refractivity contribution < 1.29 is 19.1 Å². The third-order valence-electron chi connectivity index (χ3n) is 5.33. The van der Waals surface area contributed by atoms with Crippen molar-refractivity contribution in [3.63, 3.8) is 0 Å². The Labute approximate surface area is 185 Å². The van der Waals surface area contributed by atoms with Gasteiger partial charge in [0.25, 0.3) is 0 Å². The molecule has 2 amide bonds. The van der Waals surface area contributed by atoms with Crippen LogP contribution in [0.25, 0.3) is 0 Å². The smallest absolute Gasteiger partial charge is 0.313 e. The van der Waals surface area contributed by atoms with E-state index >= 15 is 0 Å². The highest BCUT2D eigenvalue weighted by molar-refractivity contribution is 9.10. The predicted octanol–water partition coefficient (Wildman–Crippen LogP) is 4.77. The number of amides is 2. The van der Waals surface area contributed by atoms with Crippen LogP contribution in [0.2, 0.25) is 0 Å². The first-order valence-corrected chi connectivity index (χ1v) is 11.0. The van der Waals surface area contributed by atoms with Gasteiger partial charge in [-0.3, -0.25) is 9.59 Å². The number of anilines is 1. The summed E-state index contributed by atoms with van der Waals surface area (Å²) in [6.45, 7) is 2.61. The number of methoxy groups -OCH3 is 1. The lowest BCUT2D eigenvalue weighted by atomic mass is 9.72. The summed E-state index contributed by atoms with van der Waals surface area (Å²) in [5, 5.41) is 5.63. The van der Waals surface area contributed by atoms with Crippen LogP contribution in [-0.2, 0) is 15.1 Å². The van der Waals surface area contributed by atoms with Crippen molar-refractivity contribution in [1.82, 2.24) is 5.32 Å². The molecule has 0 aromatic heterocycles. The maximum absolute atomic E-state index is 12.7. The van der Waals surface area contributed by atoms with E-state index in [1.165, 1.54) is 0 Å². The summed E-state index contributed by atoms with van der Waals surface area (Å²) >= 11 is 3.48. The SMILES string of the molecule is CCCCOc1ccc(OC)cc1NC(=O)C(=O)NC1(c2cccc(Br)c2)CCC1. The van der Waals surface area contributed by atoms with Crippen molar-refractivity contribution >= 4 is 33.4 Å². The van der Waals surface area contributed by atoms with Crippen LogP contribution < -0.4 is 20.1 Å². The Morgan fingerprint density at radius 2 is 1.93 bits per heavy atom. The van der Waals surface area contributed by atoms with Gasteiger partial charge in [0.1, 0.15) is 11.5 Å². The Hall–Kier alpha value is -2.54. The topological polar surface area (TPSA) is 76.7 Å². The molecule has 0 bridgehead atoms. The maximum atomic E-state index is 12.7. The van der Waals surface area contributed by atoms with Crippen molar-refractivity contribution in [3.05, 3.63) is 52.5 Å². The number of unbranched alkanes of at least 4 members (excludes halogenated alkanes) is 1. The molecule has 3 rings (SSSR count). The van der Waals surface area contributed by atoms with Crippen molar-refractivity contribution in [3.8, 4) is 11.5 Å². The molecule has 0 radical (unpaired) electrons. The number of benzene rings is 2. The van der Waals surface area contributed by atoms with Gasteiger partial charge in [0, 0.05) is 10.5 Å². The molecular weight excluding hydrogens is 448 g/mol. The normalized spacial score (nSPS) is 14.4. The molecule has 1 aliphatic rings. The zero-order valence-electron chi connectivity index (χ0n) is 17.3. The quantitative estimate of drug-likeness (QED) is 0.426. The highest BCUT2D eigenvalue weighted by atomic mass is 79.9. The second kappa shape index (κ2) is 9.98. The second-order valence-corrected chi connectivity index (χ2v) is 8.33. The Kier molecular flexibility index (Phi) is 7.37. The molecule has 0 saturated heterocycles. The minimum atomic E-state index is -0.732. The third kappa shape index (κ3) is 5.14. The number of ether oxygens (including phenoxy) is 2. The van der Waals surface area contributed by atoms with E-state index in [2.05, 4.69) is 33.5 Å². The van der Waals surface area contributed by atoms with Crippen LogP contribution in [0.1, 0.15) is 44.6 Å². The van der Waals surface area contributed by atoms with E-state index in [0.717, 1.165) is 42.1 Å². The molecule has 0 unspecified atom stereocenters. The van der Waals surface area contributed by atoms with Crippen LogP contribution in [0.4, 0.5) is 5.69 Å². The first-order chi connectivity index (χ1) is 14.5. The van der Waals surface area contributed by atoms with Crippen molar-refractivity contribution in [2.45, 2.75) is 44.6 Å². The maximum Gasteiger partial charge on any atom is 0.313 e. The third-order valence-corrected chi connectivity index (χ3v) is 5.83. The number of halogens is 1. The molecule has 1 fully saturated rings. The molecular formula is C23H27BrN2O4. The minimum Gasteiger partial charge on any atom is -0.497 e. The van der Waals surface area contributed by atoms with E-state index in [4.69, 9.17) is 9.47 Å². The van der Waals surface area contributed by atoms with Crippen LogP contribution >= 0.6 is 15.9 Å². The summed E-state index contributed by atoms with van der Waals surface area (Å²) in [6, 6.07) is 13.0. The van der Waals surface area contributed by atoms with Gasteiger partial charge in [-0.1, -0.05) is 41.4 Å². The van der Waals surface area contributed by atoms with Crippen LogP contribution in [0.5, 0.6) is 11.5 Å². The summed E-state index contributed by atoms with van der Waals surface area (Å²) < 4.78 is 11.9. The Bertz CT molecular complexity index is 912. The average Bonchev–Trinajstić information content (AvgIpc) is 2.71. The number of carbonyl (C=O) groups is 2. The number of hydrogen-bond acceptors (Lipinski definition) is 4. The van der Waals surface area contributed by atoms with E-state index in [0.29, 0.717) is 23.8 Å². The molecule has 1 saturated carbocycles. The molecule has 30 heavy (non-hydrogen) atoms.